The molecule has 3 N–H and O–H groups in total. The van der Waals surface area contributed by atoms with E-state index in [0.717, 1.165) is 17.4 Å². The van der Waals surface area contributed by atoms with Gasteiger partial charge >= 0.3 is 0 Å². The molecule has 2 atom stereocenters. The van der Waals surface area contributed by atoms with Crippen molar-refractivity contribution in [2.75, 3.05) is 6.54 Å². The van der Waals surface area contributed by atoms with Gasteiger partial charge in [0, 0.05) is 17.5 Å². The summed E-state index contributed by atoms with van der Waals surface area (Å²) in [5, 5.41) is 4.11. The molecule has 0 aliphatic heterocycles. The Labute approximate surface area is 144 Å². The van der Waals surface area contributed by atoms with Crippen LogP contribution in [0.5, 0.6) is 0 Å². The van der Waals surface area contributed by atoms with Crippen LogP contribution in [0, 0.1) is 5.92 Å². The molecule has 1 amide bonds. The Morgan fingerprint density at radius 2 is 1.96 bits per heavy atom. The third kappa shape index (κ3) is 4.72. The number of nitrogens with one attached hydrogen (secondary N) is 1. The second-order valence-corrected chi connectivity index (χ2v) is 6.76. The fourth-order valence-corrected chi connectivity index (χ4v) is 2.84. The molecule has 1 aromatic heterocycles. The van der Waals surface area contributed by atoms with Crippen molar-refractivity contribution in [2.45, 2.75) is 45.6 Å². The molecule has 2 aromatic rings. The highest BCUT2D eigenvalue weighted by Gasteiger charge is 2.29. The number of fused-ring (bicyclic) bond motifs is 1. The van der Waals surface area contributed by atoms with Crippen molar-refractivity contribution in [3.8, 4) is 0 Å². The highest BCUT2D eigenvalue weighted by atomic mass is 35.5. The molecule has 23 heavy (non-hydrogen) atoms. The maximum Gasteiger partial charge on any atom is 0.230 e. The molecule has 1 heterocycles. The molecule has 0 aliphatic rings. The van der Waals surface area contributed by atoms with E-state index in [4.69, 9.17) is 10.2 Å². The first-order valence-electron chi connectivity index (χ1n) is 7.85. The zero-order valence-electron chi connectivity index (χ0n) is 14.3. The van der Waals surface area contributed by atoms with Crippen LogP contribution in [0.3, 0.4) is 0 Å². The second kappa shape index (κ2) is 7.84. The van der Waals surface area contributed by atoms with E-state index in [2.05, 4.69) is 19.2 Å². The normalized spacial score (nSPS) is 15.0. The summed E-state index contributed by atoms with van der Waals surface area (Å²) in [4.78, 5) is 12.5. The predicted octanol–water partition coefficient (Wildman–Crippen LogP) is 3.84. The molecule has 0 fully saturated rings. The van der Waals surface area contributed by atoms with E-state index < -0.39 is 0 Å². The summed E-state index contributed by atoms with van der Waals surface area (Å²) >= 11 is 0. The number of hydrogen-bond acceptors (Lipinski definition) is 3. The fraction of sp³-hybridized carbons (Fsp3) is 0.500. The Morgan fingerprint density at radius 1 is 1.30 bits per heavy atom. The summed E-state index contributed by atoms with van der Waals surface area (Å²) in [5.41, 5.74) is 6.29. The monoisotopic (exact) mass is 338 g/mol. The van der Waals surface area contributed by atoms with Crippen LogP contribution in [0.1, 0.15) is 45.8 Å². The first kappa shape index (κ1) is 19.5. The van der Waals surface area contributed by atoms with Crippen LogP contribution >= 0.6 is 12.4 Å². The number of carbonyl (C=O) groups excluding carboxylic acids is 1. The first-order valence-corrected chi connectivity index (χ1v) is 7.85. The molecule has 1 aromatic carbocycles. The Balaban J connectivity index is 0.00000264. The van der Waals surface area contributed by atoms with Gasteiger partial charge in [-0.25, -0.2) is 0 Å². The summed E-state index contributed by atoms with van der Waals surface area (Å²) in [6.45, 7) is 8.53. The predicted molar refractivity (Wildman–Crippen MR) is 96.9 cm³/mol. The van der Waals surface area contributed by atoms with Crippen molar-refractivity contribution in [1.29, 1.82) is 0 Å². The lowest BCUT2D eigenvalue weighted by atomic mass is 9.90. The van der Waals surface area contributed by atoms with Crippen molar-refractivity contribution >= 4 is 29.3 Å². The van der Waals surface area contributed by atoms with Crippen LogP contribution < -0.4 is 11.1 Å². The molecular weight excluding hydrogens is 312 g/mol. The third-order valence-electron chi connectivity index (χ3n) is 4.00. The van der Waals surface area contributed by atoms with Crippen molar-refractivity contribution in [2.24, 2.45) is 11.7 Å². The van der Waals surface area contributed by atoms with Crippen molar-refractivity contribution < 1.29 is 9.21 Å². The van der Waals surface area contributed by atoms with E-state index in [1.807, 2.05) is 44.2 Å². The molecule has 0 saturated carbocycles. The van der Waals surface area contributed by atoms with Gasteiger partial charge in [0.1, 0.15) is 11.3 Å². The van der Waals surface area contributed by atoms with Gasteiger partial charge in [0.25, 0.3) is 0 Å². The molecule has 5 heteroatoms. The number of benzene rings is 1. The number of carbonyl (C=O) groups is 1. The van der Waals surface area contributed by atoms with Gasteiger partial charge in [-0.2, -0.15) is 0 Å². The molecule has 0 saturated heterocycles. The molecule has 128 valence electrons. The van der Waals surface area contributed by atoms with E-state index in [1.54, 1.807) is 0 Å². The Kier molecular flexibility index (Phi) is 6.66. The van der Waals surface area contributed by atoms with Gasteiger partial charge in [-0.05, 0) is 38.3 Å². The average molecular weight is 339 g/mol. The molecule has 4 nitrogen and oxygen atoms in total. The van der Waals surface area contributed by atoms with Gasteiger partial charge in [-0.3, -0.25) is 4.79 Å². The van der Waals surface area contributed by atoms with Gasteiger partial charge in [0.2, 0.25) is 5.91 Å². The number of halogens is 1. The number of furan rings is 1. The zero-order valence-corrected chi connectivity index (χ0v) is 15.1. The third-order valence-corrected chi connectivity index (χ3v) is 4.00. The molecule has 2 unspecified atom stereocenters. The number of rotatable bonds is 6. The van der Waals surface area contributed by atoms with Gasteiger partial charge in [-0.1, -0.05) is 32.0 Å². The minimum Gasteiger partial charge on any atom is -0.460 e. The summed E-state index contributed by atoms with van der Waals surface area (Å²) in [6, 6.07) is 9.71. The summed E-state index contributed by atoms with van der Waals surface area (Å²) in [5.74, 6) is 0.760. The lowest BCUT2D eigenvalue weighted by Gasteiger charge is -2.32. The van der Waals surface area contributed by atoms with E-state index in [0.29, 0.717) is 18.2 Å². The standard InChI is InChI=1S/C18H26N2O2.ClH/c1-12(2)10-18(4,11-19)20-17(21)13(3)16-9-14-7-5-6-8-15(14)22-16;/h5-9,12-13H,10-11,19H2,1-4H3,(H,20,21);1H. The maximum absolute atomic E-state index is 12.5. The summed E-state index contributed by atoms with van der Waals surface area (Å²) < 4.78 is 5.79. The zero-order chi connectivity index (χ0) is 16.3. The second-order valence-electron chi connectivity index (χ2n) is 6.76. The molecule has 0 bridgehead atoms. The minimum absolute atomic E-state index is 0. The van der Waals surface area contributed by atoms with Crippen molar-refractivity contribution in [3.05, 3.63) is 36.1 Å². The molecule has 0 radical (unpaired) electrons. The molecular formula is C18H27ClN2O2. The number of hydrogen-bond donors (Lipinski definition) is 2. The Hall–Kier alpha value is -1.52. The van der Waals surface area contributed by atoms with Crippen LogP contribution in [0.15, 0.2) is 34.7 Å². The highest BCUT2D eigenvalue weighted by Crippen LogP contribution is 2.26. The van der Waals surface area contributed by atoms with Gasteiger partial charge in [0.05, 0.1) is 5.92 Å². The summed E-state index contributed by atoms with van der Waals surface area (Å²) in [6.07, 6.45) is 0.849. The molecule has 0 aliphatic carbocycles. The lowest BCUT2D eigenvalue weighted by molar-refractivity contribution is -0.124. The first-order chi connectivity index (χ1) is 10.3. The van der Waals surface area contributed by atoms with E-state index in [9.17, 15) is 4.79 Å². The SMILES string of the molecule is CC(C)CC(C)(CN)NC(=O)C(C)c1cc2ccccc2o1.Cl. The van der Waals surface area contributed by atoms with E-state index >= 15 is 0 Å². The molecule has 2 rings (SSSR count). The lowest BCUT2D eigenvalue weighted by Crippen LogP contribution is -2.53. The largest absolute Gasteiger partial charge is 0.460 e. The van der Waals surface area contributed by atoms with Crippen molar-refractivity contribution in [1.82, 2.24) is 5.32 Å². The smallest absolute Gasteiger partial charge is 0.230 e. The summed E-state index contributed by atoms with van der Waals surface area (Å²) in [7, 11) is 0. The van der Waals surface area contributed by atoms with E-state index in [-0.39, 0.29) is 29.8 Å². The average Bonchev–Trinajstić information content (AvgIpc) is 2.89. The number of amides is 1. The van der Waals surface area contributed by atoms with Gasteiger partial charge in [-0.15, -0.1) is 12.4 Å². The Bertz CT molecular complexity index is 620. The van der Waals surface area contributed by atoms with Crippen LogP contribution in [0.4, 0.5) is 0 Å². The number of para-hydroxylation sites is 1. The topological polar surface area (TPSA) is 68.3 Å². The maximum atomic E-state index is 12.5. The van der Waals surface area contributed by atoms with Crippen LogP contribution in [0.25, 0.3) is 11.0 Å². The minimum atomic E-state index is -0.383. The Morgan fingerprint density at radius 3 is 2.52 bits per heavy atom. The number of nitrogens with two attached hydrogens (primary N) is 1. The van der Waals surface area contributed by atoms with Crippen molar-refractivity contribution in [3.63, 3.8) is 0 Å². The van der Waals surface area contributed by atoms with E-state index in [1.165, 1.54) is 0 Å². The highest BCUT2D eigenvalue weighted by molar-refractivity contribution is 5.86. The van der Waals surface area contributed by atoms with Gasteiger partial charge in [0.15, 0.2) is 0 Å². The fourth-order valence-electron chi connectivity index (χ4n) is 2.84. The van der Waals surface area contributed by atoms with Crippen LogP contribution in [-0.4, -0.2) is 18.0 Å². The van der Waals surface area contributed by atoms with Crippen LogP contribution in [-0.2, 0) is 4.79 Å². The quantitative estimate of drug-likeness (QED) is 0.840. The molecule has 0 spiro atoms. The van der Waals surface area contributed by atoms with Gasteiger partial charge < -0.3 is 15.5 Å². The van der Waals surface area contributed by atoms with Crippen LogP contribution in [0.2, 0.25) is 0 Å².